The van der Waals surface area contributed by atoms with Crippen LogP contribution in [0.2, 0.25) is 0 Å². The van der Waals surface area contributed by atoms with Gasteiger partial charge >= 0.3 is 6.03 Å². The Hall–Kier alpha value is -2.94. The quantitative estimate of drug-likeness (QED) is 0.657. The number of urea groups is 1. The fourth-order valence-corrected chi connectivity index (χ4v) is 3.92. The summed E-state index contributed by atoms with van der Waals surface area (Å²) in [6.45, 7) is 4.78. The zero-order valence-electron chi connectivity index (χ0n) is 17.2. The smallest absolute Gasteiger partial charge is 0.322 e. The normalized spacial score (nSPS) is 16.5. The molecule has 0 aliphatic carbocycles. The van der Waals surface area contributed by atoms with E-state index in [-0.39, 0.29) is 36.1 Å². The number of anilines is 1. The van der Waals surface area contributed by atoms with Crippen LogP contribution in [-0.2, 0) is 11.3 Å². The molecular formula is C21H27N5O3S. The van der Waals surface area contributed by atoms with Crippen molar-refractivity contribution in [1.82, 2.24) is 20.5 Å². The number of rotatable bonds is 6. The van der Waals surface area contributed by atoms with E-state index in [9.17, 15) is 14.4 Å². The first kappa shape index (κ1) is 21.8. The van der Waals surface area contributed by atoms with Gasteiger partial charge in [-0.25, -0.2) is 9.78 Å². The minimum atomic E-state index is -0.533. The Kier molecular flexibility index (Phi) is 7.40. The molecule has 2 aromatic rings. The van der Waals surface area contributed by atoms with Crippen molar-refractivity contribution >= 4 is 34.9 Å². The Morgan fingerprint density at radius 3 is 2.77 bits per heavy atom. The van der Waals surface area contributed by atoms with Crippen molar-refractivity contribution in [2.45, 2.75) is 51.7 Å². The molecule has 1 saturated heterocycles. The van der Waals surface area contributed by atoms with Crippen molar-refractivity contribution in [3.05, 3.63) is 46.4 Å². The third-order valence-electron chi connectivity index (χ3n) is 4.84. The molecule has 8 nitrogen and oxygen atoms in total. The lowest BCUT2D eigenvalue weighted by atomic mass is 10.1. The molecule has 0 spiro atoms. The van der Waals surface area contributed by atoms with Gasteiger partial charge in [0.2, 0.25) is 5.91 Å². The fourth-order valence-electron chi connectivity index (χ4n) is 3.15. The first-order chi connectivity index (χ1) is 14.4. The van der Waals surface area contributed by atoms with Gasteiger partial charge in [0.25, 0.3) is 5.91 Å². The first-order valence-corrected chi connectivity index (χ1v) is 11.0. The largest absolute Gasteiger partial charge is 0.354 e. The summed E-state index contributed by atoms with van der Waals surface area (Å²) in [6.07, 6.45) is 2.41. The third-order valence-corrected chi connectivity index (χ3v) is 5.67. The molecule has 0 bridgehead atoms. The summed E-state index contributed by atoms with van der Waals surface area (Å²) in [7, 11) is 0. The SMILES string of the molecule is CC(C)N(Cc1nc(C(=O)NC2CCCCNC2=O)cs1)C(=O)Nc1ccccc1. The van der Waals surface area contributed by atoms with Gasteiger partial charge in [-0.2, -0.15) is 0 Å². The molecule has 0 radical (unpaired) electrons. The maximum atomic E-state index is 12.7. The van der Waals surface area contributed by atoms with Gasteiger partial charge in [0.05, 0.1) is 6.54 Å². The van der Waals surface area contributed by atoms with E-state index in [0.29, 0.717) is 23.7 Å². The van der Waals surface area contributed by atoms with Gasteiger partial charge in [-0.3, -0.25) is 9.59 Å². The number of para-hydroxylation sites is 1. The van der Waals surface area contributed by atoms with E-state index in [1.54, 1.807) is 10.3 Å². The molecule has 0 saturated carbocycles. The van der Waals surface area contributed by atoms with Crippen LogP contribution in [0.1, 0.15) is 48.6 Å². The second-order valence-corrected chi connectivity index (χ2v) is 8.40. The molecule has 2 heterocycles. The van der Waals surface area contributed by atoms with Crippen LogP contribution in [0.4, 0.5) is 10.5 Å². The number of hydrogen-bond donors (Lipinski definition) is 3. The monoisotopic (exact) mass is 429 g/mol. The molecule has 160 valence electrons. The molecule has 3 N–H and O–H groups in total. The van der Waals surface area contributed by atoms with Crippen LogP contribution in [0.15, 0.2) is 35.7 Å². The minimum absolute atomic E-state index is 0.0513. The number of aromatic nitrogens is 1. The second kappa shape index (κ2) is 10.2. The van der Waals surface area contributed by atoms with Crippen LogP contribution in [0.3, 0.4) is 0 Å². The molecule has 1 aromatic carbocycles. The van der Waals surface area contributed by atoms with E-state index in [2.05, 4.69) is 20.9 Å². The predicted octanol–water partition coefficient (Wildman–Crippen LogP) is 2.98. The molecule has 1 fully saturated rings. The van der Waals surface area contributed by atoms with Gasteiger partial charge < -0.3 is 20.9 Å². The van der Waals surface area contributed by atoms with Crippen LogP contribution in [0.5, 0.6) is 0 Å². The average Bonchev–Trinajstić information content (AvgIpc) is 3.11. The summed E-state index contributed by atoms with van der Waals surface area (Å²) in [5, 5.41) is 10.8. The Morgan fingerprint density at radius 2 is 2.03 bits per heavy atom. The van der Waals surface area contributed by atoms with Crippen LogP contribution in [0, 0.1) is 0 Å². The molecule has 3 rings (SSSR count). The molecule has 9 heteroatoms. The standard InChI is InChI=1S/C21H27N5O3S/c1-14(2)26(21(29)23-15-8-4-3-5-9-15)12-18-24-17(13-30-18)20(28)25-16-10-6-7-11-22-19(16)27/h3-5,8-9,13-14,16H,6-7,10-12H2,1-2H3,(H,22,27)(H,23,29)(H,25,28). The Bertz CT molecular complexity index is 884. The average molecular weight is 430 g/mol. The fraction of sp³-hybridized carbons (Fsp3) is 0.429. The predicted molar refractivity (Wildman–Crippen MR) is 116 cm³/mol. The van der Waals surface area contributed by atoms with Gasteiger partial charge in [0.15, 0.2) is 0 Å². The number of benzene rings is 1. The molecule has 1 aromatic heterocycles. The maximum absolute atomic E-state index is 12.7. The molecule has 4 amide bonds. The molecular weight excluding hydrogens is 402 g/mol. The lowest BCUT2D eigenvalue weighted by molar-refractivity contribution is -0.122. The second-order valence-electron chi connectivity index (χ2n) is 7.46. The highest BCUT2D eigenvalue weighted by Gasteiger charge is 2.25. The highest BCUT2D eigenvalue weighted by Crippen LogP contribution is 2.17. The number of carbonyl (C=O) groups is 3. The third kappa shape index (κ3) is 5.79. The van der Waals surface area contributed by atoms with Gasteiger partial charge in [-0.05, 0) is 45.2 Å². The van der Waals surface area contributed by atoms with Crippen molar-refractivity contribution < 1.29 is 14.4 Å². The van der Waals surface area contributed by atoms with Crippen LogP contribution in [0.25, 0.3) is 0 Å². The van der Waals surface area contributed by atoms with Crippen molar-refractivity contribution in [1.29, 1.82) is 0 Å². The minimum Gasteiger partial charge on any atom is -0.354 e. The van der Waals surface area contributed by atoms with Crippen molar-refractivity contribution in [3.63, 3.8) is 0 Å². The number of thiazole rings is 1. The highest BCUT2D eigenvalue weighted by atomic mass is 32.1. The molecule has 1 aliphatic rings. The number of hydrogen-bond acceptors (Lipinski definition) is 5. The van der Waals surface area contributed by atoms with E-state index in [4.69, 9.17) is 0 Å². The van der Waals surface area contributed by atoms with Crippen molar-refractivity contribution in [2.24, 2.45) is 0 Å². The summed E-state index contributed by atoms with van der Waals surface area (Å²) in [5.74, 6) is -0.524. The number of amides is 4. The number of nitrogens with one attached hydrogen (secondary N) is 3. The maximum Gasteiger partial charge on any atom is 0.322 e. The Labute approximate surface area is 180 Å². The van der Waals surface area contributed by atoms with Gasteiger partial charge in [0.1, 0.15) is 16.7 Å². The first-order valence-electron chi connectivity index (χ1n) is 10.1. The van der Waals surface area contributed by atoms with E-state index >= 15 is 0 Å². The summed E-state index contributed by atoms with van der Waals surface area (Å²) in [4.78, 5) is 43.3. The highest BCUT2D eigenvalue weighted by molar-refractivity contribution is 7.09. The van der Waals surface area contributed by atoms with E-state index in [1.165, 1.54) is 11.3 Å². The molecule has 1 unspecified atom stereocenters. The van der Waals surface area contributed by atoms with Crippen LogP contribution >= 0.6 is 11.3 Å². The van der Waals surface area contributed by atoms with Crippen molar-refractivity contribution in [2.75, 3.05) is 11.9 Å². The Balaban J connectivity index is 1.62. The van der Waals surface area contributed by atoms with Crippen molar-refractivity contribution in [3.8, 4) is 0 Å². The zero-order chi connectivity index (χ0) is 21.5. The topological polar surface area (TPSA) is 103 Å². The summed E-state index contributed by atoms with van der Waals surface area (Å²) < 4.78 is 0. The van der Waals surface area contributed by atoms with E-state index in [0.717, 1.165) is 12.8 Å². The van der Waals surface area contributed by atoms with Gasteiger partial charge in [-0.15, -0.1) is 11.3 Å². The van der Waals surface area contributed by atoms with E-state index in [1.807, 2.05) is 44.2 Å². The number of carbonyl (C=O) groups excluding carboxylic acids is 3. The summed E-state index contributed by atoms with van der Waals surface area (Å²) in [5.41, 5.74) is 0.980. The van der Waals surface area contributed by atoms with E-state index < -0.39 is 6.04 Å². The summed E-state index contributed by atoms with van der Waals surface area (Å²) >= 11 is 1.32. The lowest BCUT2D eigenvalue weighted by Crippen LogP contribution is -2.45. The summed E-state index contributed by atoms with van der Waals surface area (Å²) in [6, 6.07) is 8.44. The van der Waals surface area contributed by atoms with Gasteiger partial charge in [0, 0.05) is 23.7 Å². The number of nitrogens with zero attached hydrogens (tertiary/aromatic N) is 2. The van der Waals surface area contributed by atoms with Crippen LogP contribution < -0.4 is 16.0 Å². The molecule has 1 atom stereocenters. The van der Waals surface area contributed by atoms with Crippen LogP contribution in [-0.4, -0.2) is 46.4 Å². The Morgan fingerprint density at radius 1 is 1.27 bits per heavy atom. The van der Waals surface area contributed by atoms with Gasteiger partial charge in [-0.1, -0.05) is 18.2 Å². The molecule has 30 heavy (non-hydrogen) atoms. The zero-order valence-corrected chi connectivity index (χ0v) is 18.0. The molecule has 1 aliphatic heterocycles. The lowest BCUT2D eigenvalue weighted by Gasteiger charge is -2.26.